The molecule has 0 radical (unpaired) electrons. The van der Waals surface area contributed by atoms with Crippen LogP contribution in [0, 0.1) is 16.7 Å². The fraction of sp³-hybridized carbons (Fsp3) is 0.462. The van der Waals surface area contributed by atoms with Crippen LogP contribution in [0.3, 0.4) is 0 Å². The molecule has 3 aliphatic carbocycles. The summed E-state index contributed by atoms with van der Waals surface area (Å²) >= 11 is 0. The van der Waals surface area contributed by atoms with Crippen molar-refractivity contribution in [3.05, 3.63) is 69.8 Å². The number of nitriles is 1. The van der Waals surface area contributed by atoms with Gasteiger partial charge in [0.15, 0.2) is 0 Å². The Labute approximate surface area is 177 Å². The molecule has 1 heterocycles. The monoisotopic (exact) mass is 397 g/mol. The van der Waals surface area contributed by atoms with Crippen molar-refractivity contribution >= 4 is 5.84 Å². The lowest BCUT2D eigenvalue weighted by molar-refractivity contribution is 0.00684. The van der Waals surface area contributed by atoms with E-state index in [4.69, 9.17) is 15.5 Å². The first-order valence-corrected chi connectivity index (χ1v) is 11.2. The molecule has 2 N–H and O–H groups in total. The predicted molar refractivity (Wildman–Crippen MR) is 116 cm³/mol. The van der Waals surface area contributed by atoms with Crippen molar-refractivity contribution in [2.24, 2.45) is 16.1 Å². The van der Waals surface area contributed by atoms with Crippen molar-refractivity contribution in [3.63, 3.8) is 0 Å². The van der Waals surface area contributed by atoms with E-state index in [1.165, 1.54) is 29.5 Å². The van der Waals surface area contributed by atoms with Crippen molar-refractivity contribution in [3.8, 4) is 6.07 Å². The maximum atomic E-state index is 9.62. The molecule has 152 valence electrons. The minimum atomic E-state index is -0.474. The van der Waals surface area contributed by atoms with Gasteiger partial charge in [0.05, 0.1) is 17.7 Å². The molecule has 2 saturated carbocycles. The summed E-state index contributed by atoms with van der Waals surface area (Å²) in [6, 6.07) is 15.4. The van der Waals surface area contributed by atoms with Gasteiger partial charge < -0.3 is 10.5 Å². The van der Waals surface area contributed by atoms with Crippen LogP contribution in [0.2, 0.25) is 0 Å². The van der Waals surface area contributed by atoms with Crippen molar-refractivity contribution in [2.45, 2.75) is 62.5 Å². The Morgan fingerprint density at radius 3 is 2.57 bits per heavy atom. The van der Waals surface area contributed by atoms with E-state index in [2.05, 4.69) is 30.3 Å². The molecule has 2 fully saturated rings. The standard InChI is InChI=1S/C26H27N3O/c1-30-20-8-10-25(11-9-20)14-19-6-5-18(17-3-4-17)13-22(19)26(25)23-12-16(15-27)2-7-21(23)24(28)29-26/h2,5-7,12-13,17,20H,3-4,8-11,14H2,1H3,(H2,28,29)/t20?,25?,26-/m0/s1. The van der Waals surface area contributed by atoms with Crippen molar-refractivity contribution in [1.82, 2.24) is 0 Å². The molecule has 4 heteroatoms. The topological polar surface area (TPSA) is 71.4 Å². The normalized spacial score (nSPS) is 31.5. The van der Waals surface area contributed by atoms with Gasteiger partial charge in [0.2, 0.25) is 0 Å². The quantitative estimate of drug-likeness (QED) is 0.809. The van der Waals surface area contributed by atoms with E-state index >= 15 is 0 Å². The van der Waals surface area contributed by atoms with Crippen LogP contribution in [-0.4, -0.2) is 19.0 Å². The molecule has 2 aromatic rings. The Balaban J connectivity index is 1.60. The second-order valence-electron chi connectivity index (χ2n) is 9.66. The molecule has 2 aromatic carbocycles. The lowest BCUT2D eigenvalue weighted by atomic mass is 9.59. The third-order valence-corrected chi connectivity index (χ3v) is 8.19. The zero-order valence-corrected chi connectivity index (χ0v) is 17.4. The number of nitrogens with two attached hydrogens (primary N) is 1. The summed E-state index contributed by atoms with van der Waals surface area (Å²) in [5, 5.41) is 9.62. The summed E-state index contributed by atoms with van der Waals surface area (Å²) < 4.78 is 5.70. The maximum absolute atomic E-state index is 9.62. The van der Waals surface area contributed by atoms with E-state index in [1.807, 2.05) is 19.2 Å². The second-order valence-corrected chi connectivity index (χ2v) is 9.66. The summed E-state index contributed by atoms with van der Waals surface area (Å²) in [4.78, 5) is 5.30. The van der Waals surface area contributed by atoms with E-state index in [1.54, 1.807) is 0 Å². The highest BCUT2D eigenvalue weighted by atomic mass is 16.5. The maximum Gasteiger partial charge on any atom is 0.127 e. The number of ether oxygens (including phenoxy) is 1. The minimum absolute atomic E-state index is 0.00349. The first-order chi connectivity index (χ1) is 14.6. The molecule has 0 saturated heterocycles. The van der Waals surface area contributed by atoms with Crippen LogP contribution in [0.4, 0.5) is 0 Å². The summed E-state index contributed by atoms with van der Waals surface area (Å²) in [6.07, 6.45) is 8.13. The van der Waals surface area contributed by atoms with Gasteiger partial charge in [0.1, 0.15) is 11.4 Å². The minimum Gasteiger partial charge on any atom is -0.383 e. The molecule has 0 unspecified atom stereocenters. The Bertz CT molecular complexity index is 1120. The number of benzene rings is 2. The van der Waals surface area contributed by atoms with Gasteiger partial charge >= 0.3 is 0 Å². The zero-order valence-electron chi connectivity index (χ0n) is 17.4. The van der Waals surface area contributed by atoms with Crippen LogP contribution in [0.15, 0.2) is 41.4 Å². The van der Waals surface area contributed by atoms with Gasteiger partial charge in [-0.05, 0) is 91.3 Å². The zero-order chi connectivity index (χ0) is 20.5. The number of rotatable bonds is 2. The van der Waals surface area contributed by atoms with Crippen molar-refractivity contribution in [1.29, 1.82) is 5.26 Å². The predicted octanol–water partition coefficient (Wildman–Crippen LogP) is 4.53. The van der Waals surface area contributed by atoms with Crippen molar-refractivity contribution < 1.29 is 4.74 Å². The molecule has 4 aliphatic rings. The summed E-state index contributed by atoms with van der Waals surface area (Å²) in [5.41, 5.74) is 13.1. The lowest BCUT2D eigenvalue weighted by Gasteiger charge is -2.47. The number of aliphatic imine (C=N–C) groups is 1. The summed E-state index contributed by atoms with van der Waals surface area (Å²) in [6.45, 7) is 0. The van der Waals surface area contributed by atoms with Gasteiger partial charge in [-0.15, -0.1) is 0 Å². The highest BCUT2D eigenvalue weighted by Crippen LogP contribution is 2.65. The molecule has 2 spiro atoms. The van der Waals surface area contributed by atoms with E-state index in [9.17, 15) is 5.26 Å². The van der Waals surface area contributed by atoms with Crippen LogP contribution < -0.4 is 5.73 Å². The van der Waals surface area contributed by atoms with Gasteiger partial charge in [-0.25, -0.2) is 0 Å². The van der Waals surface area contributed by atoms with Crippen LogP contribution in [0.1, 0.15) is 77.8 Å². The highest BCUT2D eigenvalue weighted by Gasteiger charge is 2.62. The number of amidine groups is 1. The Morgan fingerprint density at radius 1 is 1.07 bits per heavy atom. The average Bonchev–Trinajstić information content (AvgIpc) is 3.54. The highest BCUT2D eigenvalue weighted by molar-refractivity contribution is 6.03. The van der Waals surface area contributed by atoms with E-state index in [0.717, 1.165) is 43.2 Å². The molecule has 1 atom stereocenters. The number of hydrogen-bond donors (Lipinski definition) is 1. The molecule has 4 nitrogen and oxygen atoms in total. The fourth-order valence-electron chi connectivity index (χ4n) is 6.50. The average molecular weight is 398 g/mol. The summed E-state index contributed by atoms with van der Waals surface area (Å²) in [5.74, 6) is 1.31. The molecule has 1 aliphatic heterocycles. The molecule has 0 aromatic heterocycles. The Hall–Kier alpha value is -2.64. The van der Waals surface area contributed by atoms with Gasteiger partial charge in [-0.1, -0.05) is 18.2 Å². The molecular weight excluding hydrogens is 370 g/mol. The number of hydrogen-bond acceptors (Lipinski definition) is 4. The van der Waals surface area contributed by atoms with E-state index in [-0.39, 0.29) is 5.41 Å². The molecule has 0 bridgehead atoms. The number of fused-ring (bicyclic) bond motifs is 5. The fourth-order valence-corrected chi connectivity index (χ4v) is 6.50. The third kappa shape index (κ3) is 2.27. The molecular formula is C26H27N3O. The largest absolute Gasteiger partial charge is 0.383 e. The van der Waals surface area contributed by atoms with Crippen LogP contribution in [0.5, 0.6) is 0 Å². The smallest absolute Gasteiger partial charge is 0.127 e. The van der Waals surface area contributed by atoms with E-state index in [0.29, 0.717) is 23.4 Å². The van der Waals surface area contributed by atoms with Crippen LogP contribution >= 0.6 is 0 Å². The van der Waals surface area contributed by atoms with Crippen LogP contribution in [-0.2, 0) is 16.7 Å². The lowest BCUT2D eigenvalue weighted by Crippen LogP contribution is -2.45. The van der Waals surface area contributed by atoms with Gasteiger partial charge in [-0.2, -0.15) is 5.26 Å². The number of nitrogens with zero attached hydrogens (tertiary/aromatic N) is 2. The van der Waals surface area contributed by atoms with Crippen LogP contribution in [0.25, 0.3) is 0 Å². The van der Waals surface area contributed by atoms with Crippen molar-refractivity contribution in [2.75, 3.05) is 7.11 Å². The molecule has 6 rings (SSSR count). The molecule has 30 heavy (non-hydrogen) atoms. The first kappa shape index (κ1) is 18.2. The first-order valence-electron chi connectivity index (χ1n) is 11.2. The Kier molecular flexibility index (Phi) is 3.74. The molecule has 0 amide bonds. The second kappa shape index (κ2) is 6.18. The number of methoxy groups -OCH3 is 1. The SMILES string of the molecule is COC1CCC2(CC1)Cc1ccc(C3CC3)cc1[C@@]21N=C(N)c2ccc(C#N)cc21. The third-order valence-electron chi connectivity index (χ3n) is 8.19. The van der Waals surface area contributed by atoms with E-state index < -0.39 is 5.54 Å². The van der Waals surface area contributed by atoms with Gasteiger partial charge in [0.25, 0.3) is 0 Å². The summed E-state index contributed by atoms with van der Waals surface area (Å²) in [7, 11) is 1.82. The Morgan fingerprint density at radius 2 is 1.87 bits per heavy atom. The van der Waals surface area contributed by atoms with Gasteiger partial charge in [0, 0.05) is 18.1 Å². The van der Waals surface area contributed by atoms with Gasteiger partial charge in [-0.3, -0.25) is 4.99 Å².